The second-order valence-corrected chi connectivity index (χ2v) is 7.46. The Labute approximate surface area is 191 Å². The minimum absolute atomic E-state index is 0.000578. The van der Waals surface area contributed by atoms with Gasteiger partial charge in [-0.2, -0.15) is 0 Å². The van der Waals surface area contributed by atoms with Crippen molar-refractivity contribution in [2.45, 2.75) is 25.8 Å². The number of nitrogens with one attached hydrogen (secondary N) is 4. The van der Waals surface area contributed by atoms with Crippen LogP contribution in [-0.2, 0) is 9.59 Å². The molecule has 2 heterocycles. The van der Waals surface area contributed by atoms with Crippen LogP contribution < -0.4 is 26.8 Å². The quantitative estimate of drug-likeness (QED) is 0.193. The zero-order valence-electron chi connectivity index (χ0n) is 18.4. The fourth-order valence-corrected chi connectivity index (χ4v) is 3.35. The van der Waals surface area contributed by atoms with Crippen LogP contribution in [-0.4, -0.2) is 58.8 Å². The summed E-state index contributed by atoms with van der Waals surface area (Å²) in [5, 5.41) is 21.0. The number of aromatic nitrogens is 1. The van der Waals surface area contributed by atoms with Crippen LogP contribution in [0.3, 0.4) is 0 Å². The molecule has 8 N–H and O–H groups in total. The van der Waals surface area contributed by atoms with Crippen LogP contribution in [0.1, 0.15) is 30.1 Å². The van der Waals surface area contributed by atoms with Gasteiger partial charge in [0.05, 0.1) is 30.7 Å². The van der Waals surface area contributed by atoms with E-state index in [1.165, 1.54) is 48.8 Å². The maximum absolute atomic E-state index is 13.0. The Balaban J connectivity index is 2.15. The smallest absolute Gasteiger partial charge is 0.313 e. The molecular weight excluding hydrogens is 428 g/mol. The highest BCUT2D eigenvalue weighted by molar-refractivity contribution is 6.40. The van der Waals surface area contributed by atoms with Crippen LogP contribution >= 0.6 is 0 Å². The average molecular weight is 457 g/mol. The van der Waals surface area contributed by atoms with Gasteiger partial charge < -0.3 is 37.1 Å². The highest BCUT2D eigenvalue weighted by atomic mass is 16.5. The van der Waals surface area contributed by atoms with Crippen molar-refractivity contribution in [2.75, 3.05) is 19.0 Å². The number of carbonyl (C=O) groups is 3. The zero-order valence-corrected chi connectivity index (χ0v) is 18.4. The molecule has 1 aromatic rings. The minimum Gasteiger partial charge on any atom is -0.480 e. The topological polar surface area (TPSA) is 200 Å². The standard InChI is InChI=1S/C21H28N8O4/c1-12-3-4-16(15(23)6-8-26-17(24)5-7-22)29(11-12)21(32)19(31)28-13-9-14(18(25)30)20(33-2)27-10-13/h5-10,12,16,23H,3-4,11,22H2,1-2H3,(H2,24,26)(H2,25,30)(H,28,31)/b7-5-,8-6-,23-15?/t12-,16+/m1/s1. The molecule has 3 amide bonds. The summed E-state index contributed by atoms with van der Waals surface area (Å²) in [6.07, 6.45) is 7.93. The average Bonchev–Trinajstić information content (AvgIpc) is 2.78. The molecule has 0 aromatic carbocycles. The highest BCUT2D eigenvalue weighted by Gasteiger charge is 2.35. The van der Waals surface area contributed by atoms with Gasteiger partial charge in [0.1, 0.15) is 11.4 Å². The molecule has 2 rings (SSSR count). The van der Waals surface area contributed by atoms with Crippen molar-refractivity contribution < 1.29 is 19.1 Å². The zero-order chi connectivity index (χ0) is 24.5. The SMILES string of the molecule is COc1ncc(NC(=O)C(=O)N2C[C@H](C)CC[C@H]2C(=N)/C=C\NC(=N)/C=C\N)cc1C(N)=O. The molecule has 0 saturated carbocycles. The minimum atomic E-state index is -0.929. The molecule has 0 unspecified atom stereocenters. The van der Waals surface area contributed by atoms with Crippen LogP contribution in [0.15, 0.2) is 36.8 Å². The molecule has 1 saturated heterocycles. The number of amides is 3. The van der Waals surface area contributed by atoms with Crippen LogP contribution in [0.5, 0.6) is 5.88 Å². The van der Waals surface area contributed by atoms with Gasteiger partial charge >= 0.3 is 11.8 Å². The van der Waals surface area contributed by atoms with E-state index in [-0.39, 0.29) is 34.6 Å². The van der Waals surface area contributed by atoms with Crippen molar-refractivity contribution in [3.05, 3.63) is 42.4 Å². The fourth-order valence-electron chi connectivity index (χ4n) is 3.35. The number of hydrogen-bond donors (Lipinski definition) is 6. The van der Waals surface area contributed by atoms with E-state index in [0.29, 0.717) is 13.0 Å². The molecule has 1 fully saturated rings. The first-order valence-electron chi connectivity index (χ1n) is 10.1. The van der Waals surface area contributed by atoms with Gasteiger partial charge in [0, 0.05) is 12.7 Å². The number of primary amides is 1. The number of anilines is 1. The molecule has 176 valence electrons. The van der Waals surface area contributed by atoms with Gasteiger partial charge in [-0.15, -0.1) is 0 Å². The van der Waals surface area contributed by atoms with Gasteiger partial charge in [-0.05, 0) is 43.2 Å². The van der Waals surface area contributed by atoms with E-state index in [0.717, 1.165) is 6.42 Å². The first kappa shape index (κ1) is 25.0. The molecule has 1 aliphatic heterocycles. The van der Waals surface area contributed by atoms with Crippen LogP contribution in [0, 0.1) is 16.7 Å². The van der Waals surface area contributed by atoms with Crippen LogP contribution in [0.2, 0.25) is 0 Å². The molecule has 12 heteroatoms. The molecular formula is C21H28N8O4. The van der Waals surface area contributed by atoms with Crippen LogP contribution in [0.25, 0.3) is 0 Å². The largest absolute Gasteiger partial charge is 0.480 e. The van der Waals surface area contributed by atoms with Gasteiger partial charge in [-0.1, -0.05) is 6.92 Å². The van der Waals surface area contributed by atoms with E-state index in [2.05, 4.69) is 15.6 Å². The number of piperidine rings is 1. The van der Waals surface area contributed by atoms with Crippen molar-refractivity contribution >= 4 is 35.0 Å². The number of methoxy groups -OCH3 is 1. The van der Waals surface area contributed by atoms with E-state index in [1.807, 2.05) is 6.92 Å². The number of likely N-dealkylation sites (tertiary alicyclic amines) is 1. The summed E-state index contributed by atoms with van der Waals surface area (Å²) in [4.78, 5) is 42.5. The first-order valence-corrected chi connectivity index (χ1v) is 10.1. The molecule has 0 spiro atoms. The van der Waals surface area contributed by atoms with Crippen molar-refractivity contribution in [1.29, 1.82) is 10.8 Å². The number of nitrogens with zero attached hydrogens (tertiary/aromatic N) is 2. The van der Waals surface area contributed by atoms with Crippen molar-refractivity contribution in [3.63, 3.8) is 0 Å². The molecule has 33 heavy (non-hydrogen) atoms. The van der Waals surface area contributed by atoms with E-state index in [4.69, 9.17) is 27.0 Å². The van der Waals surface area contributed by atoms with Crippen molar-refractivity contribution in [3.8, 4) is 5.88 Å². The number of amidine groups is 1. The number of hydrogen-bond acceptors (Lipinski definition) is 8. The summed E-state index contributed by atoms with van der Waals surface area (Å²) in [5.74, 6) is -2.35. The predicted molar refractivity (Wildman–Crippen MR) is 123 cm³/mol. The summed E-state index contributed by atoms with van der Waals surface area (Å²) in [6, 6.07) is 0.670. The Morgan fingerprint density at radius 2 is 2.00 bits per heavy atom. The molecule has 0 bridgehead atoms. The summed E-state index contributed by atoms with van der Waals surface area (Å²) < 4.78 is 4.96. The van der Waals surface area contributed by atoms with E-state index in [1.54, 1.807) is 0 Å². The third-order valence-corrected chi connectivity index (χ3v) is 4.96. The number of carbonyl (C=O) groups excluding carboxylic acids is 3. The Morgan fingerprint density at radius 3 is 2.64 bits per heavy atom. The highest BCUT2D eigenvalue weighted by Crippen LogP contribution is 2.24. The monoisotopic (exact) mass is 456 g/mol. The molecule has 0 radical (unpaired) electrons. The Morgan fingerprint density at radius 1 is 1.27 bits per heavy atom. The maximum Gasteiger partial charge on any atom is 0.313 e. The maximum atomic E-state index is 13.0. The summed E-state index contributed by atoms with van der Waals surface area (Å²) in [7, 11) is 1.32. The van der Waals surface area contributed by atoms with Gasteiger partial charge in [-0.25, -0.2) is 4.98 Å². The van der Waals surface area contributed by atoms with Crippen molar-refractivity contribution in [2.24, 2.45) is 17.4 Å². The molecule has 1 aliphatic rings. The summed E-state index contributed by atoms with van der Waals surface area (Å²) in [6.45, 7) is 2.27. The Hall–Kier alpha value is -4.22. The summed E-state index contributed by atoms with van der Waals surface area (Å²) in [5.41, 5.74) is 10.7. The van der Waals surface area contributed by atoms with E-state index in [9.17, 15) is 14.4 Å². The third-order valence-electron chi connectivity index (χ3n) is 4.96. The molecule has 0 aliphatic carbocycles. The lowest BCUT2D eigenvalue weighted by Gasteiger charge is -2.38. The fraction of sp³-hybridized carbons (Fsp3) is 0.333. The van der Waals surface area contributed by atoms with E-state index < -0.39 is 23.8 Å². The Kier molecular flexibility index (Phi) is 8.66. The van der Waals surface area contributed by atoms with E-state index >= 15 is 0 Å². The lowest BCUT2D eigenvalue weighted by Crippen LogP contribution is -2.53. The van der Waals surface area contributed by atoms with Gasteiger partial charge in [0.25, 0.3) is 5.91 Å². The van der Waals surface area contributed by atoms with Gasteiger partial charge in [-0.3, -0.25) is 19.8 Å². The number of ether oxygens (including phenoxy) is 1. The van der Waals surface area contributed by atoms with Gasteiger partial charge in [0.2, 0.25) is 5.88 Å². The number of nitrogens with two attached hydrogens (primary N) is 2. The lowest BCUT2D eigenvalue weighted by molar-refractivity contribution is -0.145. The third kappa shape index (κ3) is 6.63. The number of pyridine rings is 1. The molecule has 1 aromatic heterocycles. The second-order valence-electron chi connectivity index (χ2n) is 7.46. The molecule has 2 atom stereocenters. The normalized spacial score (nSPS) is 18.2. The number of rotatable bonds is 7. The Bertz CT molecular complexity index is 1000. The second kappa shape index (κ2) is 11.4. The summed E-state index contributed by atoms with van der Waals surface area (Å²) >= 11 is 0. The van der Waals surface area contributed by atoms with Crippen LogP contribution in [0.4, 0.5) is 5.69 Å². The van der Waals surface area contributed by atoms with Gasteiger partial charge in [0.15, 0.2) is 0 Å². The molecule has 12 nitrogen and oxygen atoms in total. The lowest BCUT2D eigenvalue weighted by atomic mass is 9.91. The predicted octanol–water partition coefficient (Wildman–Crippen LogP) is 0.327. The van der Waals surface area contributed by atoms with Crippen molar-refractivity contribution in [1.82, 2.24) is 15.2 Å². The first-order chi connectivity index (χ1) is 15.7.